The number of carbonyl (C=O) groups excluding carboxylic acids is 2. The van der Waals surface area contributed by atoms with E-state index in [1.54, 1.807) is 18.2 Å². The van der Waals surface area contributed by atoms with Gasteiger partial charge in [0, 0.05) is 58.3 Å². The molecule has 32 heavy (non-hydrogen) atoms. The Balaban J connectivity index is 1.50. The lowest BCUT2D eigenvalue weighted by Gasteiger charge is -2.27. The van der Waals surface area contributed by atoms with Crippen LogP contribution >= 0.6 is 11.6 Å². The number of halogens is 1. The minimum absolute atomic E-state index is 0.0335. The third kappa shape index (κ3) is 4.53. The van der Waals surface area contributed by atoms with Crippen molar-refractivity contribution >= 4 is 34.3 Å². The number of aromatic amines is 1. The molecule has 4 rings (SSSR count). The molecule has 0 unspecified atom stereocenters. The quantitative estimate of drug-likeness (QED) is 0.589. The van der Waals surface area contributed by atoms with Crippen LogP contribution in [-0.2, 0) is 17.8 Å². The van der Waals surface area contributed by atoms with Crippen LogP contribution < -0.4 is 14.8 Å². The summed E-state index contributed by atoms with van der Waals surface area (Å²) in [6, 6.07) is 10.8. The molecule has 2 amide bonds. The van der Waals surface area contributed by atoms with Crippen LogP contribution in [0.2, 0.25) is 5.02 Å². The van der Waals surface area contributed by atoms with Crippen molar-refractivity contribution in [1.82, 2.24) is 15.2 Å². The van der Waals surface area contributed by atoms with Gasteiger partial charge in [-0.3, -0.25) is 9.59 Å². The van der Waals surface area contributed by atoms with Crippen LogP contribution in [0.1, 0.15) is 35.5 Å². The molecule has 2 N–H and O–H groups in total. The first-order chi connectivity index (χ1) is 15.4. The van der Waals surface area contributed by atoms with Crippen molar-refractivity contribution in [3.63, 3.8) is 0 Å². The molecule has 1 aromatic heterocycles. The molecule has 0 spiro atoms. The molecule has 0 atom stereocenters. The monoisotopic (exact) mass is 455 g/mol. The number of aromatic nitrogens is 1. The van der Waals surface area contributed by atoms with E-state index in [-0.39, 0.29) is 24.5 Å². The van der Waals surface area contributed by atoms with E-state index in [0.717, 1.165) is 28.6 Å². The zero-order chi connectivity index (χ0) is 22.8. The Morgan fingerprint density at radius 1 is 1.19 bits per heavy atom. The molecule has 168 valence electrons. The molecule has 0 saturated heterocycles. The van der Waals surface area contributed by atoms with Crippen molar-refractivity contribution in [2.24, 2.45) is 0 Å². The van der Waals surface area contributed by atoms with Crippen LogP contribution in [0, 0.1) is 0 Å². The fourth-order valence-corrected chi connectivity index (χ4v) is 4.14. The number of ether oxygens (including phenoxy) is 2. The Labute approximate surface area is 191 Å². The summed E-state index contributed by atoms with van der Waals surface area (Å²) in [6.07, 6.45) is 0.747. The number of carbonyl (C=O) groups is 2. The van der Waals surface area contributed by atoms with E-state index >= 15 is 0 Å². The highest BCUT2D eigenvalue weighted by Crippen LogP contribution is 2.32. The van der Waals surface area contributed by atoms with Gasteiger partial charge in [0.15, 0.2) is 18.1 Å². The molecule has 1 aliphatic rings. The van der Waals surface area contributed by atoms with Crippen LogP contribution in [0.5, 0.6) is 11.5 Å². The predicted octanol–water partition coefficient (Wildman–Crippen LogP) is 3.93. The molecule has 2 aromatic carbocycles. The van der Waals surface area contributed by atoms with Crippen molar-refractivity contribution in [1.29, 1.82) is 0 Å². The molecule has 0 fully saturated rings. The van der Waals surface area contributed by atoms with Gasteiger partial charge in [-0.05, 0) is 50.2 Å². The Hall–Kier alpha value is -3.19. The van der Waals surface area contributed by atoms with E-state index < -0.39 is 0 Å². The van der Waals surface area contributed by atoms with Gasteiger partial charge >= 0.3 is 0 Å². The zero-order valence-electron chi connectivity index (χ0n) is 18.3. The second-order valence-electron chi connectivity index (χ2n) is 8.13. The Bertz CT molecular complexity index is 1170. The highest BCUT2D eigenvalue weighted by Gasteiger charge is 2.25. The fourth-order valence-electron chi connectivity index (χ4n) is 3.97. The van der Waals surface area contributed by atoms with Gasteiger partial charge in [-0.25, -0.2) is 0 Å². The summed E-state index contributed by atoms with van der Waals surface area (Å²) >= 11 is 6.19. The lowest BCUT2D eigenvalue weighted by atomic mass is 10.0. The van der Waals surface area contributed by atoms with Gasteiger partial charge in [0.05, 0.1) is 7.11 Å². The molecule has 0 radical (unpaired) electrons. The lowest BCUT2D eigenvalue weighted by Crippen LogP contribution is -2.35. The average Bonchev–Trinajstić information content (AvgIpc) is 3.13. The molecule has 8 heteroatoms. The van der Waals surface area contributed by atoms with E-state index in [0.29, 0.717) is 35.2 Å². The maximum absolute atomic E-state index is 13.2. The Morgan fingerprint density at radius 3 is 2.75 bits per heavy atom. The maximum atomic E-state index is 13.2. The number of nitrogens with one attached hydrogen (secondary N) is 2. The van der Waals surface area contributed by atoms with Crippen molar-refractivity contribution in [2.75, 3.05) is 20.3 Å². The summed E-state index contributed by atoms with van der Waals surface area (Å²) in [5, 5.41) is 4.49. The fraction of sp³-hybridized carbons (Fsp3) is 0.333. The molecule has 2 heterocycles. The van der Waals surface area contributed by atoms with Gasteiger partial charge in [0.25, 0.3) is 11.8 Å². The molecule has 0 bridgehead atoms. The van der Waals surface area contributed by atoms with E-state index in [1.807, 2.05) is 36.9 Å². The van der Waals surface area contributed by atoms with Gasteiger partial charge < -0.3 is 24.7 Å². The van der Waals surface area contributed by atoms with Gasteiger partial charge in [-0.15, -0.1) is 0 Å². The zero-order valence-corrected chi connectivity index (χ0v) is 19.1. The second kappa shape index (κ2) is 9.12. The first-order valence-corrected chi connectivity index (χ1v) is 10.9. The summed E-state index contributed by atoms with van der Waals surface area (Å²) in [5.41, 5.74) is 3.78. The molecule has 1 aliphatic heterocycles. The third-order valence-electron chi connectivity index (χ3n) is 5.44. The second-order valence-corrected chi connectivity index (χ2v) is 8.56. The number of rotatable bonds is 6. The predicted molar refractivity (Wildman–Crippen MR) is 124 cm³/mol. The number of hydrogen-bond donors (Lipinski definition) is 2. The van der Waals surface area contributed by atoms with E-state index in [2.05, 4.69) is 10.3 Å². The van der Waals surface area contributed by atoms with Crippen molar-refractivity contribution in [3.05, 3.63) is 58.2 Å². The molecule has 7 nitrogen and oxygen atoms in total. The summed E-state index contributed by atoms with van der Waals surface area (Å²) in [5.74, 6) is 0.513. The minimum Gasteiger partial charge on any atom is -0.493 e. The van der Waals surface area contributed by atoms with Crippen LogP contribution in [0.15, 0.2) is 36.4 Å². The van der Waals surface area contributed by atoms with Crippen LogP contribution in [0.4, 0.5) is 0 Å². The van der Waals surface area contributed by atoms with Gasteiger partial charge in [0.1, 0.15) is 0 Å². The van der Waals surface area contributed by atoms with Crippen LogP contribution in [-0.4, -0.2) is 48.0 Å². The first kappa shape index (κ1) is 22.0. The highest BCUT2D eigenvalue weighted by atomic mass is 35.5. The average molecular weight is 456 g/mol. The molecule has 0 saturated carbocycles. The third-order valence-corrected chi connectivity index (χ3v) is 5.68. The molecule has 3 aromatic rings. The van der Waals surface area contributed by atoms with Gasteiger partial charge in [0.2, 0.25) is 0 Å². The number of amides is 2. The molecular formula is C24H26ClN3O4. The number of nitrogens with zero attached hydrogens (tertiary/aromatic N) is 1. The van der Waals surface area contributed by atoms with Crippen LogP contribution in [0.25, 0.3) is 10.9 Å². The van der Waals surface area contributed by atoms with Crippen molar-refractivity contribution in [2.45, 2.75) is 32.9 Å². The van der Waals surface area contributed by atoms with E-state index in [1.165, 1.54) is 7.11 Å². The topological polar surface area (TPSA) is 83.7 Å². The molecule has 0 aliphatic carbocycles. The standard InChI is InChI=1S/C24H26ClN3O4/c1-14(2)26-23(29)13-32-21-7-4-15(10-22(21)31-3)24(30)28-9-8-20-18(12-28)17-11-16(25)5-6-19(17)27-20/h4-7,10-11,14,27H,8-9,12-13H2,1-3H3,(H,26,29). The summed E-state index contributed by atoms with van der Waals surface area (Å²) < 4.78 is 11.0. The Morgan fingerprint density at radius 2 is 2.00 bits per heavy atom. The molecular weight excluding hydrogens is 430 g/mol. The SMILES string of the molecule is COc1cc(C(=O)N2CCc3[nH]c4ccc(Cl)cc4c3C2)ccc1OCC(=O)NC(C)C. The number of H-pyrrole nitrogens is 1. The van der Waals surface area contributed by atoms with Crippen LogP contribution in [0.3, 0.4) is 0 Å². The van der Waals surface area contributed by atoms with Gasteiger partial charge in [-0.2, -0.15) is 0 Å². The summed E-state index contributed by atoms with van der Waals surface area (Å²) in [7, 11) is 1.51. The van der Waals surface area contributed by atoms with E-state index in [4.69, 9.17) is 21.1 Å². The van der Waals surface area contributed by atoms with E-state index in [9.17, 15) is 9.59 Å². The number of hydrogen-bond acceptors (Lipinski definition) is 4. The smallest absolute Gasteiger partial charge is 0.258 e. The number of methoxy groups -OCH3 is 1. The summed E-state index contributed by atoms with van der Waals surface area (Å²) in [4.78, 5) is 30.3. The first-order valence-electron chi connectivity index (χ1n) is 10.5. The lowest BCUT2D eigenvalue weighted by molar-refractivity contribution is -0.123. The highest BCUT2D eigenvalue weighted by molar-refractivity contribution is 6.31. The minimum atomic E-state index is -0.217. The van der Waals surface area contributed by atoms with Crippen molar-refractivity contribution in [3.8, 4) is 11.5 Å². The van der Waals surface area contributed by atoms with Crippen molar-refractivity contribution < 1.29 is 19.1 Å². The summed E-state index contributed by atoms with van der Waals surface area (Å²) in [6.45, 7) is 4.76. The van der Waals surface area contributed by atoms with Gasteiger partial charge in [-0.1, -0.05) is 11.6 Å². The normalized spacial score (nSPS) is 13.2. The number of benzene rings is 2. The maximum Gasteiger partial charge on any atom is 0.258 e. The Kier molecular flexibility index (Phi) is 6.28. The number of fused-ring (bicyclic) bond motifs is 3. The largest absolute Gasteiger partial charge is 0.493 e.